The second-order valence-corrected chi connectivity index (χ2v) is 5.85. The second-order valence-electron chi connectivity index (χ2n) is 5.85. The van der Waals surface area contributed by atoms with Gasteiger partial charge in [-0.1, -0.05) is 6.07 Å². The average molecular weight is 361 g/mol. The van der Waals surface area contributed by atoms with E-state index in [4.69, 9.17) is 14.6 Å². The molecule has 138 valence electrons. The molecule has 9 nitrogen and oxygen atoms in total. The van der Waals surface area contributed by atoms with E-state index in [9.17, 15) is 14.4 Å². The normalized spacial score (nSPS) is 19.0. The summed E-state index contributed by atoms with van der Waals surface area (Å²) in [7, 11) is 1.23. The van der Waals surface area contributed by atoms with Crippen LogP contribution in [0.4, 0.5) is 11.4 Å². The van der Waals surface area contributed by atoms with E-state index in [1.807, 2.05) is 0 Å². The zero-order valence-corrected chi connectivity index (χ0v) is 14.4. The van der Waals surface area contributed by atoms with Crippen molar-refractivity contribution in [1.82, 2.24) is 4.90 Å². The van der Waals surface area contributed by atoms with Crippen molar-refractivity contribution in [3.8, 4) is 5.75 Å². The molecule has 2 aliphatic heterocycles. The van der Waals surface area contributed by atoms with Crippen LogP contribution in [-0.4, -0.2) is 60.7 Å². The average Bonchev–Trinajstić information content (AvgIpc) is 2.93. The number of benzene rings is 1. The number of β-amino-alcohol motifs (C(OH)–C–C–N with tert-alkyl or cyclic N) is 1. The predicted molar refractivity (Wildman–Crippen MR) is 91.5 cm³/mol. The minimum absolute atomic E-state index is 0.0311. The Morgan fingerprint density at radius 3 is 2.92 bits per heavy atom. The second kappa shape index (κ2) is 7.04. The van der Waals surface area contributed by atoms with Crippen molar-refractivity contribution in [2.24, 2.45) is 0 Å². The molecule has 9 heteroatoms. The zero-order valence-electron chi connectivity index (χ0n) is 14.4. The molecule has 2 aliphatic rings. The van der Waals surface area contributed by atoms with Gasteiger partial charge in [0.05, 0.1) is 31.5 Å². The first kappa shape index (κ1) is 17.7. The molecule has 1 atom stereocenters. The van der Waals surface area contributed by atoms with E-state index in [0.29, 0.717) is 17.1 Å². The van der Waals surface area contributed by atoms with Crippen LogP contribution in [0, 0.1) is 0 Å². The highest BCUT2D eigenvalue weighted by molar-refractivity contribution is 6.10. The number of methoxy groups -OCH3 is 1. The maximum Gasteiger partial charge on any atom is 0.337 e. The van der Waals surface area contributed by atoms with E-state index >= 15 is 0 Å². The Morgan fingerprint density at radius 1 is 1.46 bits per heavy atom. The SMILES string of the molecule is COC(=O)C1=C(Nc2cccc3c2NC(=O)C(C)O3)C(=O)N(CCO)C1. The van der Waals surface area contributed by atoms with Gasteiger partial charge in [0.15, 0.2) is 6.10 Å². The van der Waals surface area contributed by atoms with Crippen LogP contribution in [0.25, 0.3) is 0 Å². The number of amides is 2. The number of para-hydroxylation sites is 1. The lowest BCUT2D eigenvalue weighted by molar-refractivity contribution is -0.136. The Morgan fingerprint density at radius 2 is 2.23 bits per heavy atom. The Balaban J connectivity index is 1.96. The third-order valence-electron chi connectivity index (χ3n) is 4.16. The van der Waals surface area contributed by atoms with Gasteiger partial charge in [0, 0.05) is 6.54 Å². The van der Waals surface area contributed by atoms with Gasteiger partial charge in [0.25, 0.3) is 11.8 Å². The Hall–Kier alpha value is -3.07. The molecule has 0 spiro atoms. The quantitative estimate of drug-likeness (QED) is 0.636. The predicted octanol–water partition coefficient (Wildman–Crippen LogP) is 0.0795. The van der Waals surface area contributed by atoms with Crippen LogP contribution < -0.4 is 15.4 Å². The van der Waals surface area contributed by atoms with E-state index in [2.05, 4.69) is 10.6 Å². The maximum absolute atomic E-state index is 12.6. The molecule has 0 aromatic heterocycles. The van der Waals surface area contributed by atoms with E-state index in [1.165, 1.54) is 12.0 Å². The van der Waals surface area contributed by atoms with Crippen LogP contribution in [-0.2, 0) is 19.1 Å². The molecule has 1 aromatic carbocycles. The van der Waals surface area contributed by atoms with Crippen molar-refractivity contribution in [3.63, 3.8) is 0 Å². The van der Waals surface area contributed by atoms with E-state index < -0.39 is 18.0 Å². The summed E-state index contributed by atoms with van der Waals surface area (Å²) >= 11 is 0. The van der Waals surface area contributed by atoms with Crippen molar-refractivity contribution < 1.29 is 29.0 Å². The van der Waals surface area contributed by atoms with Gasteiger partial charge in [-0.05, 0) is 19.1 Å². The molecule has 1 aromatic rings. The monoisotopic (exact) mass is 361 g/mol. The summed E-state index contributed by atoms with van der Waals surface area (Å²) in [6, 6.07) is 5.05. The third-order valence-corrected chi connectivity index (χ3v) is 4.16. The van der Waals surface area contributed by atoms with Crippen LogP contribution >= 0.6 is 0 Å². The lowest BCUT2D eigenvalue weighted by atomic mass is 10.1. The number of hydrogen-bond acceptors (Lipinski definition) is 7. The number of carbonyl (C=O) groups excluding carboxylic acids is 3. The van der Waals surface area contributed by atoms with Crippen molar-refractivity contribution in [2.45, 2.75) is 13.0 Å². The summed E-state index contributed by atoms with van der Waals surface area (Å²) in [5, 5.41) is 14.8. The minimum Gasteiger partial charge on any atom is -0.479 e. The first-order chi connectivity index (χ1) is 12.5. The van der Waals surface area contributed by atoms with E-state index in [1.54, 1.807) is 25.1 Å². The number of fused-ring (bicyclic) bond motifs is 1. The molecule has 1 unspecified atom stereocenters. The Bertz CT molecular complexity index is 804. The van der Waals surface area contributed by atoms with Gasteiger partial charge in [-0.25, -0.2) is 4.79 Å². The molecular formula is C17H19N3O6. The molecule has 3 rings (SSSR count). The van der Waals surface area contributed by atoms with E-state index in [0.717, 1.165) is 0 Å². The molecule has 0 saturated heterocycles. The van der Waals surface area contributed by atoms with Crippen LogP contribution in [0.3, 0.4) is 0 Å². The summed E-state index contributed by atoms with van der Waals surface area (Å²) in [6.45, 7) is 1.53. The molecule has 3 N–H and O–H groups in total. The van der Waals surface area contributed by atoms with Crippen LogP contribution in [0.5, 0.6) is 5.75 Å². The van der Waals surface area contributed by atoms with Gasteiger partial charge >= 0.3 is 5.97 Å². The molecule has 0 radical (unpaired) electrons. The van der Waals surface area contributed by atoms with Gasteiger partial charge in [0.2, 0.25) is 0 Å². The lowest BCUT2D eigenvalue weighted by Gasteiger charge is -2.25. The largest absolute Gasteiger partial charge is 0.479 e. The minimum atomic E-state index is -0.639. The number of ether oxygens (including phenoxy) is 2. The number of nitrogens with zero attached hydrogens (tertiary/aromatic N) is 1. The third kappa shape index (κ3) is 3.08. The highest BCUT2D eigenvalue weighted by Crippen LogP contribution is 2.37. The Labute approximate surface area is 149 Å². The summed E-state index contributed by atoms with van der Waals surface area (Å²) in [5.41, 5.74) is 1.01. The van der Waals surface area contributed by atoms with Crippen LogP contribution in [0.2, 0.25) is 0 Å². The van der Waals surface area contributed by atoms with Gasteiger partial charge in [0.1, 0.15) is 17.1 Å². The maximum atomic E-state index is 12.6. The number of anilines is 2. The van der Waals surface area contributed by atoms with Crippen LogP contribution in [0.1, 0.15) is 6.92 Å². The van der Waals surface area contributed by atoms with Gasteiger partial charge in [-0.15, -0.1) is 0 Å². The summed E-state index contributed by atoms with van der Waals surface area (Å²) in [5.74, 6) is -0.929. The van der Waals surface area contributed by atoms with Gasteiger partial charge in [-0.3, -0.25) is 9.59 Å². The van der Waals surface area contributed by atoms with E-state index in [-0.39, 0.29) is 36.9 Å². The van der Waals surface area contributed by atoms with Gasteiger partial charge in [-0.2, -0.15) is 0 Å². The number of nitrogens with one attached hydrogen (secondary N) is 2. The number of aliphatic hydroxyl groups excluding tert-OH is 1. The van der Waals surface area contributed by atoms with Crippen molar-refractivity contribution in [2.75, 3.05) is 37.4 Å². The summed E-state index contributed by atoms with van der Waals surface area (Å²) in [6.07, 6.45) is -0.629. The molecule has 2 amide bonds. The lowest BCUT2D eigenvalue weighted by Crippen LogP contribution is -2.35. The van der Waals surface area contributed by atoms with Gasteiger partial charge < -0.3 is 30.1 Å². The number of carbonyl (C=O) groups is 3. The fourth-order valence-electron chi connectivity index (χ4n) is 2.81. The fraction of sp³-hybridized carbons (Fsp3) is 0.353. The Kier molecular flexibility index (Phi) is 4.81. The summed E-state index contributed by atoms with van der Waals surface area (Å²) in [4.78, 5) is 37.9. The number of aliphatic hydroxyl groups is 1. The van der Waals surface area contributed by atoms with Crippen molar-refractivity contribution in [3.05, 3.63) is 29.5 Å². The first-order valence-electron chi connectivity index (χ1n) is 8.05. The standard InChI is InChI=1S/C17H19N3O6/c1-9-15(22)19-14-11(4-3-5-12(14)26-9)18-13-10(17(24)25-2)8-20(6-7-21)16(13)23/h3-5,9,18,21H,6-8H2,1-2H3,(H,19,22). The summed E-state index contributed by atoms with van der Waals surface area (Å²) < 4.78 is 10.3. The van der Waals surface area contributed by atoms with Crippen LogP contribution in [0.15, 0.2) is 29.5 Å². The topological polar surface area (TPSA) is 117 Å². The highest BCUT2D eigenvalue weighted by Gasteiger charge is 2.35. The number of esters is 1. The zero-order chi connectivity index (χ0) is 18.8. The molecule has 0 bridgehead atoms. The highest BCUT2D eigenvalue weighted by atomic mass is 16.5. The fourth-order valence-corrected chi connectivity index (χ4v) is 2.81. The smallest absolute Gasteiger partial charge is 0.337 e. The van der Waals surface area contributed by atoms with Crippen molar-refractivity contribution in [1.29, 1.82) is 0 Å². The molecule has 0 aliphatic carbocycles. The molecule has 0 saturated carbocycles. The number of rotatable bonds is 5. The molecule has 26 heavy (non-hydrogen) atoms. The molecule has 0 fully saturated rings. The first-order valence-corrected chi connectivity index (χ1v) is 8.05. The van der Waals surface area contributed by atoms with Crippen molar-refractivity contribution >= 4 is 29.2 Å². The number of hydrogen-bond donors (Lipinski definition) is 3. The molecular weight excluding hydrogens is 342 g/mol. The molecule has 2 heterocycles.